The smallest absolute Gasteiger partial charge is 0.193 e. The third-order valence-corrected chi connectivity index (χ3v) is 5.37. The molecule has 20 heavy (non-hydrogen) atoms. The quantitative estimate of drug-likeness (QED) is 0.332. The lowest BCUT2D eigenvalue weighted by molar-refractivity contribution is 0.203. The number of rotatable bonds is 4. The van der Waals surface area contributed by atoms with E-state index >= 15 is 0 Å². The minimum atomic E-state index is 0. The normalized spacial score (nSPS) is 21.9. The van der Waals surface area contributed by atoms with Crippen LogP contribution in [0.2, 0.25) is 0 Å². The largest absolute Gasteiger partial charge is 0.356 e. The van der Waals surface area contributed by atoms with Gasteiger partial charge in [-0.1, -0.05) is 19.3 Å². The molecule has 3 nitrogen and oxygen atoms in total. The Balaban J connectivity index is 0.00000200. The van der Waals surface area contributed by atoms with Gasteiger partial charge in [-0.25, -0.2) is 0 Å². The third-order valence-electron chi connectivity index (χ3n) is 4.67. The van der Waals surface area contributed by atoms with Crippen molar-refractivity contribution < 1.29 is 0 Å². The van der Waals surface area contributed by atoms with Gasteiger partial charge in [0, 0.05) is 26.7 Å². The van der Waals surface area contributed by atoms with E-state index in [4.69, 9.17) is 0 Å². The van der Waals surface area contributed by atoms with Gasteiger partial charge in [0.1, 0.15) is 0 Å². The zero-order valence-corrected chi connectivity index (χ0v) is 16.1. The molecule has 0 aromatic carbocycles. The second kappa shape index (κ2) is 9.38. The van der Waals surface area contributed by atoms with E-state index in [-0.39, 0.29) is 24.0 Å². The van der Waals surface area contributed by atoms with Crippen LogP contribution in [0.4, 0.5) is 0 Å². The first-order chi connectivity index (χ1) is 9.29. The Morgan fingerprint density at radius 2 is 2.00 bits per heavy atom. The average molecular weight is 411 g/mol. The zero-order chi connectivity index (χ0) is 13.6. The predicted octanol–water partition coefficient (Wildman–Crippen LogP) is 3.59. The molecule has 2 fully saturated rings. The molecule has 1 aliphatic heterocycles. The zero-order valence-electron chi connectivity index (χ0n) is 13.0. The molecule has 0 amide bonds. The molecule has 1 spiro atoms. The monoisotopic (exact) mass is 411 g/mol. The van der Waals surface area contributed by atoms with Crippen molar-refractivity contribution in [2.24, 2.45) is 10.4 Å². The minimum Gasteiger partial charge on any atom is -0.356 e. The summed E-state index contributed by atoms with van der Waals surface area (Å²) in [5.74, 6) is 2.36. The molecule has 1 aliphatic carbocycles. The number of hydrogen-bond acceptors (Lipinski definition) is 2. The molecule has 2 rings (SSSR count). The first-order valence-electron chi connectivity index (χ1n) is 7.74. The number of thioether (sulfide) groups is 1. The minimum absolute atomic E-state index is 0. The Morgan fingerprint density at radius 3 is 2.65 bits per heavy atom. The lowest BCUT2D eigenvalue weighted by atomic mass is 9.73. The van der Waals surface area contributed by atoms with E-state index in [1.807, 2.05) is 18.8 Å². The van der Waals surface area contributed by atoms with E-state index in [9.17, 15) is 0 Å². The Morgan fingerprint density at radius 1 is 1.25 bits per heavy atom. The maximum Gasteiger partial charge on any atom is 0.193 e. The first kappa shape index (κ1) is 18.4. The highest BCUT2D eigenvalue weighted by atomic mass is 127. The van der Waals surface area contributed by atoms with Crippen molar-refractivity contribution in [3.63, 3.8) is 0 Å². The molecule has 1 saturated carbocycles. The van der Waals surface area contributed by atoms with Crippen LogP contribution in [0.1, 0.15) is 44.9 Å². The second-order valence-corrected chi connectivity index (χ2v) is 7.04. The van der Waals surface area contributed by atoms with E-state index < -0.39 is 0 Å². The molecule has 1 heterocycles. The summed E-state index contributed by atoms with van der Waals surface area (Å²) in [5.41, 5.74) is 0.620. The molecular formula is C15H30IN3S. The van der Waals surface area contributed by atoms with Crippen molar-refractivity contribution in [3.8, 4) is 0 Å². The van der Waals surface area contributed by atoms with Crippen LogP contribution in [0.3, 0.4) is 0 Å². The Hall–Kier alpha value is 0.350. The summed E-state index contributed by atoms with van der Waals surface area (Å²) >= 11 is 1.92. The number of nitrogens with one attached hydrogen (secondary N) is 1. The van der Waals surface area contributed by atoms with Crippen LogP contribution in [0.25, 0.3) is 0 Å². The van der Waals surface area contributed by atoms with Gasteiger partial charge >= 0.3 is 0 Å². The summed E-state index contributed by atoms with van der Waals surface area (Å²) in [5, 5.41) is 3.53. The van der Waals surface area contributed by atoms with Crippen LogP contribution in [0.5, 0.6) is 0 Å². The molecule has 0 aromatic rings. The van der Waals surface area contributed by atoms with Crippen molar-refractivity contribution >= 4 is 41.7 Å². The SMILES string of the molecule is CN=C(NCCCSC)N1CCC2(CCCCC2)C1.I. The van der Waals surface area contributed by atoms with Crippen molar-refractivity contribution in [3.05, 3.63) is 0 Å². The topological polar surface area (TPSA) is 27.6 Å². The molecule has 0 radical (unpaired) electrons. The van der Waals surface area contributed by atoms with E-state index in [1.54, 1.807) is 0 Å². The van der Waals surface area contributed by atoms with Gasteiger partial charge in [-0.15, -0.1) is 24.0 Å². The van der Waals surface area contributed by atoms with Gasteiger partial charge < -0.3 is 10.2 Å². The van der Waals surface area contributed by atoms with Crippen molar-refractivity contribution in [2.45, 2.75) is 44.9 Å². The van der Waals surface area contributed by atoms with Crippen molar-refractivity contribution in [2.75, 3.05) is 38.7 Å². The molecule has 1 N–H and O–H groups in total. The van der Waals surface area contributed by atoms with Crippen LogP contribution in [0.15, 0.2) is 4.99 Å². The Labute approximate surface area is 145 Å². The van der Waals surface area contributed by atoms with Crippen molar-refractivity contribution in [1.82, 2.24) is 10.2 Å². The molecule has 1 saturated heterocycles. The molecule has 0 bridgehead atoms. The summed E-state index contributed by atoms with van der Waals surface area (Å²) in [6.07, 6.45) is 12.0. The maximum absolute atomic E-state index is 4.47. The van der Waals surface area contributed by atoms with Gasteiger partial charge in [0.05, 0.1) is 0 Å². The standard InChI is InChI=1S/C15H29N3S.HI/c1-16-14(17-10-6-12-19-2)18-11-9-15(13-18)7-4-3-5-8-15;/h3-13H2,1-2H3,(H,16,17);1H. The molecule has 118 valence electrons. The average Bonchev–Trinajstić information content (AvgIpc) is 2.83. The van der Waals surface area contributed by atoms with Gasteiger partial charge in [0.2, 0.25) is 0 Å². The van der Waals surface area contributed by atoms with E-state index in [1.165, 1.54) is 63.8 Å². The maximum atomic E-state index is 4.47. The summed E-state index contributed by atoms with van der Waals surface area (Å²) in [7, 11) is 1.92. The summed E-state index contributed by atoms with van der Waals surface area (Å²) in [6, 6.07) is 0. The third kappa shape index (κ3) is 4.97. The number of hydrogen-bond donors (Lipinski definition) is 1. The lowest BCUT2D eigenvalue weighted by Gasteiger charge is -2.33. The lowest BCUT2D eigenvalue weighted by Crippen LogP contribution is -2.42. The summed E-state index contributed by atoms with van der Waals surface area (Å²) < 4.78 is 0. The number of likely N-dealkylation sites (tertiary alicyclic amines) is 1. The highest BCUT2D eigenvalue weighted by Gasteiger charge is 2.39. The Bertz CT molecular complexity index is 303. The van der Waals surface area contributed by atoms with Crippen LogP contribution in [-0.2, 0) is 0 Å². The molecule has 0 unspecified atom stereocenters. The fraction of sp³-hybridized carbons (Fsp3) is 0.933. The highest BCUT2D eigenvalue weighted by molar-refractivity contribution is 14.0. The van der Waals surface area contributed by atoms with Crippen LogP contribution >= 0.6 is 35.7 Å². The van der Waals surface area contributed by atoms with Crippen LogP contribution < -0.4 is 5.32 Å². The van der Waals surface area contributed by atoms with Gasteiger partial charge in [0.15, 0.2) is 5.96 Å². The summed E-state index contributed by atoms with van der Waals surface area (Å²) in [4.78, 5) is 6.96. The second-order valence-electron chi connectivity index (χ2n) is 6.05. The van der Waals surface area contributed by atoms with Gasteiger partial charge in [-0.2, -0.15) is 11.8 Å². The molecular weight excluding hydrogens is 381 g/mol. The number of nitrogens with zero attached hydrogens (tertiary/aromatic N) is 2. The Kier molecular flexibility index (Phi) is 8.63. The van der Waals surface area contributed by atoms with Crippen LogP contribution in [-0.4, -0.2) is 49.6 Å². The van der Waals surface area contributed by atoms with Gasteiger partial charge in [0.25, 0.3) is 0 Å². The van der Waals surface area contributed by atoms with E-state index in [0.717, 1.165) is 12.5 Å². The van der Waals surface area contributed by atoms with E-state index in [2.05, 4.69) is 21.5 Å². The van der Waals surface area contributed by atoms with Crippen molar-refractivity contribution in [1.29, 1.82) is 0 Å². The first-order valence-corrected chi connectivity index (χ1v) is 9.14. The number of halogens is 1. The molecule has 0 atom stereocenters. The fourth-order valence-corrected chi connectivity index (χ4v) is 4.01. The number of guanidine groups is 1. The molecule has 5 heteroatoms. The summed E-state index contributed by atoms with van der Waals surface area (Å²) in [6.45, 7) is 3.48. The fourth-order valence-electron chi connectivity index (χ4n) is 3.57. The van der Waals surface area contributed by atoms with E-state index in [0.29, 0.717) is 5.41 Å². The van der Waals surface area contributed by atoms with Gasteiger partial charge in [-0.3, -0.25) is 4.99 Å². The predicted molar refractivity (Wildman–Crippen MR) is 101 cm³/mol. The number of aliphatic imine (C=N–C) groups is 1. The highest BCUT2D eigenvalue weighted by Crippen LogP contribution is 2.43. The molecule has 0 aromatic heterocycles. The van der Waals surface area contributed by atoms with Crippen LogP contribution in [0, 0.1) is 5.41 Å². The van der Waals surface area contributed by atoms with Gasteiger partial charge in [-0.05, 0) is 43.1 Å². The molecule has 2 aliphatic rings.